The Kier molecular flexibility index (Phi) is 2.16. The maximum atomic E-state index is 11.5. The van der Waals surface area contributed by atoms with Crippen molar-refractivity contribution in [1.29, 1.82) is 0 Å². The summed E-state index contributed by atoms with van der Waals surface area (Å²) in [5.41, 5.74) is 0.900. The fourth-order valence-electron chi connectivity index (χ4n) is 1.16. The molecule has 0 bridgehead atoms. The van der Waals surface area contributed by atoms with E-state index in [1.807, 2.05) is 0 Å². The van der Waals surface area contributed by atoms with Crippen molar-refractivity contribution in [3.8, 4) is 0 Å². The van der Waals surface area contributed by atoms with E-state index in [4.69, 9.17) is 4.74 Å². The lowest BCUT2D eigenvalue weighted by atomic mass is 10.4. The van der Waals surface area contributed by atoms with Gasteiger partial charge in [-0.2, -0.15) is 0 Å². The van der Waals surface area contributed by atoms with Crippen LogP contribution in [0.3, 0.4) is 0 Å². The van der Waals surface area contributed by atoms with Crippen molar-refractivity contribution in [3.05, 3.63) is 5.69 Å². The molecule has 0 radical (unpaired) electrons. The van der Waals surface area contributed by atoms with Gasteiger partial charge in [-0.25, -0.2) is 4.79 Å². The molecule has 0 N–H and O–H groups in total. The molecule has 0 aliphatic heterocycles. The van der Waals surface area contributed by atoms with E-state index in [-0.39, 0.29) is 5.97 Å². The second kappa shape index (κ2) is 3.33. The zero-order valence-electron chi connectivity index (χ0n) is 7.72. The topological polar surface area (TPSA) is 69.9 Å². The van der Waals surface area contributed by atoms with E-state index in [9.17, 15) is 4.79 Å². The van der Waals surface area contributed by atoms with Crippen LogP contribution < -0.4 is 0 Å². The molecular weight excluding hydrogens is 204 g/mol. The number of hydrogen-bond acceptors (Lipinski definition) is 6. The van der Waals surface area contributed by atoms with Crippen LogP contribution in [0.15, 0.2) is 0 Å². The van der Waals surface area contributed by atoms with Gasteiger partial charge in [0.25, 0.3) is 0 Å². The predicted octanol–water partition coefficient (Wildman–Crippen LogP) is 0.601. The highest BCUT2D eigenvalue weighted by molar-refractivity contribution is 7.13. The highest BCUT2D eigenvalue weighted by atomic mass is 32.1. The average molecular weight is 212 g/mol. The van der Waals surface area contributed by atoms with Gasteiger partial charge in [-0.15, -0.1) is 10.2 Å². The summed E-state index contributed by atoms with van der Waals surface area (Å²) in [5.74, 6) is -0.386. The Morgan fingerprint density at radius 3 is 3.14 bits per heavy atom. The third-order valence-corrected chi connectivity index (χ3v) is 2.44. The molecule has 0 unspecified atom stereocenters. The van der Waals surface area contributed by atoms with Crippen LogP contribution in [0.25, 0.3) is 10.3 Å². The minimum absolute atomic E-state index is 0.345. The molecule has 0 saturated carbocycles. The fraction of sp³-hybridized carbons (Fsp3) is 0.429. The lowest BCUT2D eigenvalue weighted by Crippen LogP contribution is -2.10. The molecule has 0 amide bonds. The number of rotatable bonds is 2. The molecule has 0 aliphatic rings. The van der Waals surface area contributed by atoms with E-state index >= 15 is 0 Å². The van der Waals surface area contributed by atoms with Crippen molar-refractivity contribution in [2.75, 3.05) is 6.61 Å². The van der Waals surface area contributed by atoms with E-state index in [1.54, 1.807) is 14.0 Å². The molecule has 0 aromatic carbocycles. The second-order valence-electron chi connectivity index (χ2n) is 2.62. The molecule has 0 atom stereocenters. The number of aromatic nitrogens is 4. The lowest BCUT2D eigenvalue weighted by Gasteiger charge is -2.00. The highest BCUT2D eigenvalue weighted by Gasteiger charge is 2.20. The smallest absolute Gasteiger partial charge is 0.358 e. The van der Waals surface area contributed by atoms with Crippen LogP contribution in [0.2, 0.25) is 0 Å². The van der Waals surface area contributed by atoms with Crippen LogP contribution >= 0.6 is 11.5 Å². The van der Waals surface area contributed by atoms with E-state index < -0.39 is 0 Å². The number of esters is 1. The maximum Gasteiger partial charge on any atom is 0.358 e. The van der Waals surface area contributed by atoms with Gasteiger partial charge in [0.1, 0.15) is 4.70 Å². The van der Waals surface area contributed by atoms with E-state index in [0.717, 1.165) is 11.5 Å². The summed E-state index contributed by atoms with van der Waals surface area (Å²) in [7, 11) is 1.68. The number of ether oxygens (including phenoxy) is 1. The summed E-state index contributed by atoms with van der Waals surface area (Å²) in [5, 5.41) is 7.80. The zero-order chi connectivity index (χ0) is 10.1. The Morgan fingerprint density at radius 1 is 1.64 bits per heavy atom. The normalized spacial score (nSPS) is 10.7. The minimum Gasteiger partial charge on any atom is -0.461 e. The molecule has 14 heavy (non-hydrogen) atoms. The van der Waals surface area contributed by atoms with Crippen molar-refractivity contribution < 1.29 is 9.53 Å². The third-order valence-electron chi connectivity index (χ3n) is 1.72. The summed E-state index contributed by atoms with van der Waals surface area (Å²) in [6.07, 6.45) is 0. The molecule has 2 aromatic heterocycles. The van der Waals surface area contributed by atoms with Gasteiger partial charge in [0.15, 0.2) is 5.69 Å². The van der Waals surface area contributed by atoms with Crippen LogP contribution in [-0.4, -0.2) is 31.9 Å². The molecule has 0 spiro atoms. The molecule has 2 rings (SSSR count). The van der Waals surface area contributed by atoms with Crippen LogP contribution in [0.1, 0.15) is 17.4 Å². The SMILES string of the molecule is CCOC(=O)c1c2snnc2nn1C. The molecule has 0 saturated heterocycles. The number of carbonyl (C=O) groups is 1. The van der Waals surface area contributed by atoms with Crippen LogP contribution in [0, 0.1) is 0 Å². The zero-order valence-corrected chi connectivity index (χ0v) is 8.54. The predicted molar refractivity (Wildman–Crippen MR) is 50.1 cm³/mol. The standard InChI is InChI=1S/C7H8N4O2S/c1-3-13-7(12)4-5-6(8-10-14-5)9-11(4)2/h3H2,1-2H3. The Bertz CT molecular complexity index is 475. The maximum absolute atomic E-state index is 11.5. The number of nitrogens with zero attached hydrogens (tertiary/aromatic N) is 4. The summed E-state index contributed by atoms with van der Waals surface area (Å²) in [6.45, 7) is 2.11. The van der Waals surface area contributed by atoms with Crippen molar-refractivity contribution >= 4 is 27.8 Å². The van der Waals surface area contributed by atoms with Crippen LogP contribution in [0.5, 0.6) is 0 Å². The first-order chi connectivity index (χ1) is 6.74. The van der Waals surface area contributed by atoms with Gasteiger partial charge in [0.05, 0.1) is 6.61 Å². The molecule has 0 aliphatic carbocycles. The van der Waals surface area contributed by atoms with Crippen molar-refractivity contribution in [3.63, 3.8) is 0 Å². The monoisotopic (exact) mass is 212 g/mol. The summed E-state index contributed by atoms with van der Waals surface area (Å²) >= 11 is 1.14. The molecule has 7 heteroatoms. The highest BCUT2D eigenvalue weighted by Crippen LogP contribution is 2.19. The van der Waals surface area contributed by atoms with Gasteiger partial charge in [0, 0.05) is 7.05 Å². The van der Waals surface area contributed by atoms with Crippen LogP contribution in [-0.2, 0) is 11.8 Å². The Morgan fingerprint density at radius 2 is 2.43 bits per heavy atom. The first-order valence-corrected chi connectivity index (χ1v) is 4.83. The largest absolute Gasteiger partial charge is 0.461 e. The summed E-state index contributed by atoms with van der Waals surface area (Å²) in [4.78, 5) is 11.5. The Labute approximate surface area is 83.6 Å². The molecule has 2 aromatic rings. The van der Waals surface area contributed by atoms with Gasteiger partial charge in [-0.3, -0.25) is 4.68 Å². The van der Waals surface area contributed by atoms with E-state index in [1.165, 1.54) is 4.68 Å². The molecule has 0 fully saturated rings. The van der Waals surface area contributed by atoms with Crippen molar-refractivity contribution in [2.24, 2.45) is 7.05 Å². The van der Waals surface area contributed by atoms with Gasteiger partial charge < -0.3 is 4.74 Å². The molecule has 74 valence electrons. The van der Waals surface area contributed by atoms with E-state index in [2.05, 4.69) is 14.7 Å². The lowest BCUT2D eigenvalue weighted by molar-refractivity contribution is 0.0516. The van der Waals surface area contributed by atoms with E-state index in [0.29, 0.717) is 22.6 Å². The van der Waals surface area contributed by atoms with Crippen molar-refractivity contribution in [2.45, 2.75) is 6.92 Å². The summed E-state index contributed by atoms with van der Waals surface area (Å²) in [6, 6.07) is 0. The first-order valence-electron chi connectivity index (χ1n) is 4.06. The summed E-state index contributed by atoms with van der Waals surface area (Å²) < 4.78 is 10.7. The number of hydrogen-bond donors (Lipinski definition) is 0. The van der Waals surface area contributed by atoms with Gasteiger partial charge in [-0.05, 0) is 18.5 Å². The number of aryl methyl sites for hydroxylation is 1. The molecule has 2 heterocycles. The fourth-order valence-corrected chi connectivity index (χ4v) is 1.83. The van der Waals surface area contributed by atoms with Gasteiger partial charge in [-0.1, -0.05) is 4.49 Å². The average Bonchev–Trinajstić information content (AvgIpc) is 2.63. The Balaban J connectivity index is 2.53. The van der Waals surface area contributed by atoms with Gasteiger partial charge in [0.2, 0.25) is 5.65 Å². The Hall–Kier alpha value is -1.50. The van der Waals surface area contributed by atoms with Gasteiger partial charge >= 0.3 is 5.97 Å². The third kappa shape index (κ3) is 1.25. The van der Waals surface area contributed by atoms with Crippen molar-refractivity contribution in [1.82, 2.24) is 19.4 Å². The number of fused-ring (bicyclic) bond motifs is 1. The number of carbonyl (C=O) groups excluding carboxylic acids is 1. The molecular formula is C7H8N4O2S. The van der Waals surface area contributed by atoms with Crippen LogP contribution in [0.4, 0.5) is 0 Å². The second-order valence-corrected chi connectivity index (χ2v) is 3.37. The minimum atomic E-state index is -0.386. The first kappa shape index (κ1) is 9.07. The molecule has 6 nitrogen and oxygen atoms in total. The quantitative estimate of drug-likeness (QED) is 0.682.